The molecule has 0 bridgehead atoms. The normalized spacial score (nSPS) is 20.0. The largest absolute Gasteiger partial charge is 0.511 e. The van der Waals surface area contributed by atoms with E-state index in [0.29, 0.717) is 5.76 Å². The molecule has 0 radical (unpaired) electrons. The van der Waals surface area contributed by atoms with Gasteiger partial charge in [0.2, 0.25) is 0 Å². The maximum atomic E-state index is 11.1. The predicted molar refractivity (Wildman–Crippen MR) is 130 cm³/mol. The van der Waals surface area contributed by atoms with Gasteiger partial charge in [-0.25, -0.2) is 0 Å². The van der Waals surface area contributed by atoms with Crippen LogP contribution in [-0.2, 0) is 16.2 Å². The molecule has 160 valence electrons. The summed E-state index contributed by atoms with van der Waals surface area (Å²) in [6, 6.07) is 13.5. The van der Waals surface area contributed by atoms with Crippen LogP contribution in [0.1, 0.15) is 88.3 Å². The molecule has 0 heterocycles. The highest BCUT2D eigenvalue weighted by Gasteiger charge is 2.38. The van der Waals surface area contributed by atoms with Crippen LogP contribution >= 0.6 is 0 Å². The lowest BCUT2D eigenvalue weighted by Gasteiger charge is -2.38. The quantitative estimate of drug-likeness (QED) is 0.538. The fraction of sp³-hybridized carbons (Fsp3) is 0.448. The van der Waals surface area contributed by atoms with Gasteiger partial charge in [0.15, 0.2) is 0 Å². The van der Waals surface area contributed by atoms with Crippen molar-refractivity contribution in [1.29, 1.82) is 0 Å². The Bertz CT molecular complexity index is 1020. The van der Waals surface area contributed by atoms with Crippen molar-refractivity contribution in [2.45, 2.75) is 85.0 Å². The molecule has 1 atom stereocenters. The van der Waals surface area contributed by atoms with Gasteiger partial charge in [-0.1, -0.05) is 95.1 Å². The predicted octanol–water partition coefficient (Wildman–Crippen LogP) is 8.09. The van der Waals surface area contributed by atoms with Crippen molar-refractivity contribution in [2.75, 3.05) is 0 Å². The molecule has 1 aliphatic carbocycles. The lowest BCUT2D eigenvalue weighted by Crippen LogP contribution is -2.31. The highest BCUT2D eigenvalue weighted by atomic mass is 16.3. The van der Waals surface area contributed by atoms with Gasteiger partial charge < -0.3 is 5.11 Å². The number of hydrogen-bond acceptors (Lipinski definition) is 1. The zero-order chi connectivity index (χ0) is 22.5. The Labute approximate surface area is 183 Å². The van der Waals surface area contributed by atoms with Crippen LogP contribution in [0.3, 0.4) is 0 Å². The van der Waals surface area contributed by atoms with Crippen LogP contribution in [-0.4, -0.2) is 5.11 Å². The van der Waals surface area contributed by atoms with Crippen LogP contribution in [0.5, 0.6) is 0 Å². The van der Waals surface area contributed by atoms with E-state index in [1.807, 2.05) is 6.08 Å². The Balaban J connectivity index is 2.17. The van der Waals surface area contributed by atoms with Gasteiger partial charge in [0, 0.05) is 0 Å². The maximum Gasteiger partial charge on any atom is 0.103 e. The van der Waals surface area contributed by atoms with Crippen molar-refractivity contribution in [3.8, 4) is 0 Å². The topological polar surface area (TPSA) is 20.2 Å². The van der Waals surface area contributed by atoms with E-state index in [4.69, 9.17) is 0 Å². The number of rotatable bonds is 2. The standard InChI is InChI=1S/C29H38O/c1-19-10-13-22(24(16-19)27(3,4)5)21-12-15-26(30)29(9,18-21)23-14-11-20(2)17-25(23)28(6,7)8/h10-17,30H,18H2,1-9H3. The summed E-state index contributed by atoms with van der Waals surface area (Å²) in [5, 5.41) is 11.1. The van der Waals surface area contributed by atoms with E-state index >= 15 is 0 Å². The van der Waals surface area contributed by atoms with E-state index < -0.39 is 5.41 Å². The van der Waals surface area contributed by atoms with Crippen molar-refractivity contribution in [1.82, 2.24) is 0 Å². The lowest BCUT2D eigenvalue weighted by molar-refractivity contribution is 0.304. The smallest absolute Gasteiger partial charge is 0.103 e. The molecule has 1 unspecified atom stereocenters. The van der Waals surface area contributed by atoms with E-state index in [9.17, 15) is 5.11 Å². The Morgan fingerprint density at radius 3 is 1.87 bits per heavy atom. The van der Waals surface area contributed by atoms with Gasteiger partial charge in [-0.3, -0.25) is 0 Å². The zero-order valence-corrected chi connectivity index (χ0v) is 20.3. The van der Waals surface area contributed by atoms with E-state index in [2.05, 4.69) is 105 Å². The van der Waals surface area contributed by atoms with Gasteiger partial charge in [-0.15, -0.1) is 0 Å². The second-order valence-corrected chi connectivity index (χ2v) is 11.4. The summed E-state index contributed by atoms with van der Waals surface area (Å²) in [4.78, 5) is 0. The minimum Gasteiger partial charge on any atom is -0.511 e. The fourth-order valence-corrected chi connectivity index (χ4v) is 4.63. The molecule has 2 aromatic rings. The molecule has 0 saturated heterocycles. The number of hydrogen-bond donors (Lipinski definition) is 1. The third-order valence-corrected chi connectivity index (χ3v) is 6.46. The third-order valence-electron chi connectivity index (χ3n) is 6.46. The van der Waals surface area contributed by atoms with Crippen molar-refractivity contribution in [2.24, 2.45) is 0 Å². The van der Waals surface area contributed by atoms with Gasteiger partial charge in [0.25, 0.3) is 0 Å². The van der Waals surface area contributed by atoms with E-state index in [1.54, 1.807) is 0 Å². The van der Waals surface area contributed by atoms with E-state index in [0.717, 1.165) is 6.42 Å². The molecule has 1 aliphatic rings. The van der Waals surface area contributed by atoms with Crippen LogP contribution in [0, 0.1) is 13.8 Å². The molecule has 3 rings (SSSR count). The molecule has 0 amide bonds. The summed E-state index contributed by atoms with van der Waals surface area (Å²) >= 11 is 0. The van der Waals surface area contributed by atoms with E-state index in [-0.39, 0.29) is 10.8 Å². The molecule has 0 saturated carbocycles. The summed E-state index contributed by atoms with van der Waals surface area (Å²) < 4.78 is 0. The molecule has 0 fully saturated rings. The second-order valence-electron chi connectivity index (χ2n) is 11.4. The van der Waals surface area contributed by atoms with Crippen molar-refractivity contribution < 1.29 is 5.11 Å². The van der Waals surface area contributed by atoms with E-state index in [1.165, 1.54) is 39.0 Å². The average Bonchev–Trinajstić information content (AvgIpc) is 2.62. The van der Waals surface area contributed by atoms with Crippen molar-refractivity contribution >= 4 is 5.57 Å². The number of aliphatic hydroxyl groups excluding tert-OH is 1. The summed E-state index contributed by atoms with van der Waals surface area (Å²) in [7, 11) is 0. The first kappa shape index (κ1) is 22.4. The summed E-state index contributed by atoms with van der Waals surface area (Å²) in [6.07, 6.45) is 4.81. The Morgan fingerprint density at radius 1 is 0.767 bits per heavy atom. The highest BCUT2D eigenvalue weighted by Crippen LogP contribution is 2.47. The average molecular weight is 403 g/mol. The SMILES string of the molecule is Cc1ccc(C2=CC=C(O)C(C)(c3ccc(C)cc3C(C)(C)C)C2)c(C(C)(C)C)c1. The van der Waals surface area contributed by atoms with Gasteiger partial charge in [-0.2, -0.15) is 0 Å². The van der Waals surface area contributed by atoms with Crippen molar-refractivity contribution in [3.05, 3.63) is 87.7 Å². The summed E-state index contributed by atoms with van der Waals surface area (Å²) in [5.74, 6) is 0.449. The monoisotopic (exact) mass is 402 g/mol. The molecule has 30 heavy (non-hydrogen) atoms. The first-order valence-corrected chi connectivity index (χ1v) is 11.1. The minimum atomic E-state index is -0.444. The first-order chi connectivity index (χ1) is 13.7. The molecule has 2 aromatic carbocycles. The van der Waals surface area contributed by atoms with Crippen LogP contribution in [0.4, 0.5) is 0 Å². The Morgan fingerprint density at radius 2 is 1.30 bits per heavy atom. The maximum absolute atomic E-state index is 11.1. The summed E-state index contributed by atoms with van der Waals surface area (Å²) in [6.45, 7) is 20.1. The third kappa shape index (κ3) is 4.13. The van der Waals surface area contributed by atoms with Gasteiger partial charge in [-0.05, 0) is 71.9 Å². The molecule has 1 nitrogen and oxygen atoms in total. The molecular formula is C29H38O. The van der Waals surface area contributed by atoms with Crippen LogP contribution in [0.2, 0.25) is 0 Å². The van der Waals surface area contributed by atoms with Gasteiger partial charge >= 0.3 is 0 Å². The number of benzene rings is 2. The van der Waals surface area contributed by atoms with Crippen LogP contribution in [0.15, 0.2) is 54.3 Å². The lowest BCUT2D eigenvalue weighted by atomic mass is 9.66. The zero-order valence-electron chi connectivity index (χ0n) is 20.3. The number of aliphatic hydroxyl groups is 1. The molecular weight excluding hydrogens is 364 g/mol. The highest BCUT2D eigenvalue weighted by molar-refractivity contribution is 5.74. The fourth-order valence-electron chi connectivity index (χ4n) is 4.63. The number of allylic oxidation sites excluding steroid dienone is 4. The van der Waals surface area contributed by atoms with Gasteiger partial charge in [0.05, 0.1) is 5.41 Å². The molecule has 1 heteroatoms. The Hall–Kier alpha value is -2.28. The van der Waals surface area contributed by atoms with Gasteiger partial charge in [0.1, 0.15) is 5.76 Å². The Kier molecular flexibility index (Phi) is 5.56. The molecule has 1 N–H and O–H groups in total. The minimum absolute atomic E-state index is 0.00635. The van der Waals surface area contributed by atoms with Crippen LogP contribution in [0.25, 0.3) is 5.57 Å². The molecule has 0 aliphatic heterocycles. The summed E-state index contributed by atoms with van der Waals surface area (Å²) in [5.41, 5.74) is 8.66. The second kappa shape index (κ2) is 7.45. The van der Waals surface area contributed by atoms with Crippen molar-refractivity contribution in [3.63, 3.8) is 0 Å². The first-order valence-electron chi connectivity index (χ1n) is 11.1. The molecule has 0 spiro atoms. The molecule has 0 aromatic heterocycles. The van der Waals surface area contributed by atoms with Crippen LogP contribution < -0.4 is 0 Å². The number of aryl methyl sites for hydroxylation is 2.